The Hall–Kier alpha value is -2.00. The molecule has 0 saturated carbocycles. The minimum atomic E-state index is -1.43. The fourth-order valence-corrected chi connectivity index (χ4v) is 4.74. The maximum absolute atomic E-state index is 12.0. The Balaban J connectivity index is 1.79. The molecule has 0 spiro atoms. The van der Waals surface area contributed by atoms with Gasteiger partial charge in [0, 0.05) is 36.8 Å². The lowest BCUT2D eigenvalue weighted by molar-refractivity contribution is 0.0889. The normalized spacial score (nSPS) is 25.2. The molecular formula is C21H31N3O2Si. The molecule has 1 amide bonds. The summed E-state index contributed by atoms with van der Waals surface area (Å²) >= 11 is 0. The summed E-state index contributed by atoms with van der Waals surface area (Å²) in [6.07, 6.45) is 3.82. The summed E-state index contributed by atoms with van der Waals surface area (Å²) in [6.45, 7) is 14.7. The monoisotopic (exact) mass is 385 g/mol. The first-order chi connectivity index (χ1) is 12.5. The Bertz CT molecular complexity index is 785. The van der Waals surface area contributed by atoms with Crippen LogP contribution < -0.4 is 4.90 Å². The van der Waals surface area contributed by atoms with Crippen molar-refractivity contribution in [3.8, 4) is 11.5 Å². The summed E-state index contributed by atoms with van der Waals surface area (Å²) in [5.41, 5.74) is 5.33. The van der Waals surface area contributed by atoms with Gasteiger partial charge in [-0.25, -0.2) is 4.79 Å². The quantitative estimate of drug-likeness (QED) is 0.588. The lowest BCUT2D eigenvalue weighted by Crippen LogP contribution is -2.48. The van der Waals surface area contributed by atoms with Crippen molar-refractivity contribution in [2.75, 3.05) is 18.0 Å². The third-order valence-corrected chi connectivity index (χ3v) is 6.39. The van der Waals surface area contributed by atoms with Crippen LogP contribution >= 0.6 is 0 Å². The number of amides is 1. The van der Waals surface area contributed by atoms with Crippen LogP contribution in [0.15, 0.2) is 18.5 Å². The number of fused-ring (bicyclic) bond motifs is 1. The number of aromatic nitrogens is 1. The predicted octanol–water partition coefficient (Wildman–Crippen LogP) is 3.91. The molecule has 0 bridgehead atoms. The number of carboxylic acid groups (broad SMARTS) is 1. The van der Waals surface area contributed by atoms with Gasteiger partial charge in [0.25, 0.3) is 0 Å². The van der Waals surface area contributed by atoms with E-state index >= 15 is 0 Å². The number of pyridine rings is 1. The fraction of sp³-hybridized carbons (Fsp3) is 0.619. The highest BCUT2D eigenvalue weighted by molar-refractivity contribution is 6.83. The van der Waals surface area contributed by atoms with E-state index in [1.54, 1.807) is 4.90 Å². The second-order valence-corrected chi connectivity index (χ2v) is 14.7. The van der Waals surface area contributed by atoms with Gasteiger partial charge in [0.1, 0.15) is 8.07 Å². The van der Waals surface area contributed by atoms with Gasteiger partial charge in [0.2, 0.25) is 0 Å². The van der Waals surface area contributed by atoms with Crippen molar-refractivity contribution in [2.24, 2.45) is 11.3 Å². The molecule has 1 N–H and O–H groups in total. The van der Waals surface area contributed by atoms with Gasteiger partial charge in [0.05, 0.1) is 17.9 Å². The van der Waals surface area contributed by atoms with E-state index in [1.807, 2.05) is 12.4 Å². The molecule has 3 atom stereocenters. The molecule has 3 heterocycles. The summed E-state index contributed by atoms with van der Waals surface area (Å²) in [6, 6.07) is 2.23. The molecule has 27 heavy (non-hydrogen) atoms. The molecule has 2 aliphatic heterocycles. The summed E-state index contributed by atoms with van der Waals surface area (Å²) in [5, 5.41) is 9.82. The first kappa shape index (κ1) is 19.8. The second kappa shape index (κ2) is 6.86. The second-order valence-electron chi connectivity index (χ2n) is 9.97. The molecule has 0 aromatic carbocycles. The Morgan fingerprint density at radius 2 is 1.96 bits per heavy atom. The van der Waals surface area contributed by atoms with Gasteiger partial charge in [-0.2, -0.15) is 0 Å². The topological polar surface area (TPSA) is 56.7 Å². The van der Waals surface area contributed by atoms with Crippen molar-refractivity contribution in [1.29, 1.82) is 0 Å². The van der Waals surface area contributed by atoms with Crippen LogP contribution in [-0.4, -0.2) is 54.3 Å². The van der Waals surface area contributed by atoms with Gasteiger partial charge < -0.3 is 10.0 Å². The summed E-state index contributed by atoms with van der Waals surface area (Å²) in [7, 11) is -1.43. The van der Waals surface area contributed by atoms with Gasteiger partial charge >= 0.3 is 6.09 Å². The number of nitrogens with zero attached hydrogens (tertiary/aromatic N) is 3. The number of carbonyl (C=O) groups is 1. The highest BCUT2D eigenvalue weighted by Crippen LogP contribution is 2.43. The summed E-state index contributed by atoms with van der Waals surface area (Å²) < 4.78 is 0. The lowest BCUT2D eigenvalue weighted by Gasteiger charge is -2.36. The number of anilines is 1. The van der Waals surface area contributed by atoms with Crippen molar-refractivity contribution in [3.63, 3.8) is 0 Å². The van der Waals surface area contributed by atoms with Crippen molar-refractivity contribution in [2.45, 2.75) is 58.9 Å². The van der Waals surface area contributed by atoms with E-state index in [2.05, 4.69) is 67.8 Å². The van der Waals surface area contributed by atoms with E-state index in [-0.39, 0.29) is 17.5 Å². The van der Waals surface area contributed by atoms with Crippen LogP contribution in [0, 0.1) is 22.8 Å². The molecule has 3 rings (SSSR count). The highest BCUT2D eigenvalue weighted by atomic mass is 28.3. The van der Waals surface area contributed by atoms with Crippen molar-refractivity contribution < 1.29 is 9.90 Å². The van der Waals surface area contributed by atoms with Crippen LogP contribution in [0.1, 0.15) is 32.8 Å². The minimum Gasteiger partial charge on any atom is -0.465 e. The molecule has 2 saturated heterocycles. The highest BCUT2D eigenvalue weighted by Gasteiger charge is 2.51. The molecule has 1 unspecified atom stereocenters. The molecule has 1 aromatic rings. The summed E-state index contributed by atoms with van der Waals surface area (Å²) in [4.78, 5) is 20.3. The Morgan fingerprint density at radius 3 is 2.56 bits per heavy atom. The SMILES string of the molecule is CC(C)(C)C1C[C@@H]2CN(c3cncc(C#C[Si](C)(C)C)c3)C[C@@H]2N1C(=O)O. The van der Waals surface area contributed by atoms with Crippen LogP contribution in [0.5, 0.6) is 0 Å². The van der Waals surface area contributed by atoms with Crippen molar-refractivity contribution in [3.05, 3.63) is 24.0 Å². The molecule has 0 radical (unpaired) electrons. The van der Waals surface area contributed by atoms with Gasteiger partial charge in [-0.1, -0.05) is 46.3 Å². The Morgan fingerprint density at radius 1 is 1.26 bits per heavy atom. The zero-order chi connectivity index (χ0) is 20.0. The van der Waals surface area contributed by atoms with E-state index in [4.69, 9.17) is 0 Å². The molecule has 1 aromatic heterocycles. The van der Waals surface area contributed by atoms with E-state index in [0.29, 0.717) is 5.92 Å². The van der Waals surface area contributed by atoms with E-state index in [1.165, 1.54) is 0 Å². The molecule has 146 valence electrons. The largest absolute Gasteiger partial charge is 0.465 e. The maximum Gasteiger partial charge on any atom is 0.407 e. The number of hydrogen-bond donors (Lipinski definition) is 1. The third kappa shape index (κ3) is 4.29. The maximum atomic E-state index is 12.0. The Kier molecular flexibility index (Phi) is 5.02. The Labute approximate surface area is 163 Å². The zero-order valence-electron chi connectivity index (χ0n) is 17.3. The van der Waals surface area contributed by atoms with Crippen LogP contribution in [0.4, 0.5) is 10.5 Å². The smallest absolute Gasteiger partial charge is 0.407 e. The number of likely N-dealkylation sites (tertiary alicyclic amines) is 1. The van der Waals surface area contributed by atoms with E-state index < -0.39 is 14.2 Å². The first-order valence-corrected chi connectivity index (χ1v) is 13.2. The third-order valence-electron chi connectivity index (χ3n) is 5.52. The number of rotatable bonds is 1. The van der Waals surface area contributed by atoms with Crippen LogP contribution in [0.25, 0.3) is 0 Å². The number of hydrogen-bond acceptors (Lipinski definition) is 3. The molecule has 6 heteroatoms. The average molecular weight is 386 g/mol. The molecule has 2 fully saturated rings. The fourth-order valence-electron chi connectivity index (χ4n) is 4.22. The van der Waals surface area contributed by atoms with Gasteiger partial charge in [-0.3, -0.25) is 9.88 Å². The van der Waals surface area contributed by atoms with Crippen molar-refractivity contribution >= 4 is 19.9 Å². The van der Waals surface area contributed by atoms with Crippen LogP contribution in [0.2, 0.25) is 19.6 Å². The molecule has 0 aliphatic carbocycles. The van der Waals surface area contributed by atoms with Gasteiger partial charge in [0.15, 0.2) is 0 Å². The van der Waals surface area contributed by atoms with E-state index in [0.717, 1.165) is 30.8 Å². The van der Waals surface area contributed by atoms with Crippen LogP contribution in [-0.2, 0) is 0 Å². The van der Waals surface area contributed by atoms with Gasteiger partial charge in [-0.15, -0.1) is 5.54 Å². The molecular weight excluding hydrogens is 354 g/mol. The van der Waals surface area contributed by atoms with Crippen LogP contribution in [0.3, 0.4) is 0 Å². The lowest BCUT2D eigenvalue weighted by atomic mass is 9.84. The zero-order valence-corrected chi connectivity index (χ0v) is 18.3. The molecule has 2 aliphatic rings. The standard InChI is InChI=1S/C21H31N3O2Si/c1-21(2,3)19-10-16-13-23(14-18(16)24(19)20(25)26)17-9-15(11-22-12-17)7-8-27(4,5)6/h9,11-12,16,18-19H,10,13-14H2,1-6H3,(H,25,26)/t16-,18+,19?/m1/s1. The predicted molar refractivity (Wildman–Crippen MR) is 112 cm³/mol. The van der Waals surface area contributed by atoms with Gasteiger partial charge in [-0.05, 0) is 17.9 Å². The summed E-state index contributed by atoms with van der Waals surface area (Å²) in [5.74, 6) is 3.65. The average Bonchev–Trinajstić information content (AvgIpc) is 3.09. The molecule has 5 nitrogen and oxygen atoms in total. The van der Waals surface area contributed by atoms with E-state index in [9.17, 15) is 9.90 Å². The van der Waals surface area contributed by atoms with Crippen molar-refractivity contribution in [1.82, 2.24) is 9.88 Å². The first-order valence-electron chi connectivity index (χ1n) is 9.70. The minimum absolute atomic E-state index is 0.0402.